The fraction of sp³-hybridized carbons (Fsp3) is 0.435. The van der Waals surface area contributed by atoms with Crippen LogP contribution in [0.2, 0.25) is 18.1 Å². The third-order valence-electron chi connectivity index (χ3n) is 5.86. The maximum Gasteiger partial charge on any atom is 0.339 e. The van der Waals surface area contributed by atoms with Gasteiger partial charge in [-0.05, 0) is 49.7 Å². The van der Waals surface area contributed by atoms with Crippen LogP contribution in [0.1, 0.15) is 47.8 Å². The molecule has 0 unspecified atom stereocenters. The monoisotopic (exact) mass is 445 g/mol. The Morgan fingerprint density at radius 2 is 1.61 bits per heavy atom. The minimum atomic E-state index is -2.14. The predicted molar refractivity (Wildman–Crippen MR) is 123 cm³/mol. The van der Waals surface area contributed by atoms with E-state index in [2.05, 4.69) is 33.9 Å². The Bertz CT molecular complexity index is 977. The molecular formula is C23H31NO6Si. The first-order chi connectivity index (χ1) is 14.3. The number of hydrogen-bond donors (Lipinski definition) is 0. The highest BCUT2D eigenvalue weighted by Crippen LogP contribution is 2.41. The van der Waals surface area contributed by atoms with Crippen LogP contribution >= 0.6 is 0 Å². The molecule has 31 heavy (non-hydrogen) atoms. The van der Waals surface area contributed by atoms with E-state index in [0.717, 1.165) is 0 Å². The summed E-state index contributed by atoms with van der Waals surface area (Å²) in [6.07, 6.45) is 0. The van der Waals surface area contributed by atoms with Crippen molar-refractivity contribution >= 4 is 20.0 Å². The Kier molecular flexibility index (Phi) is 7.16. The normalized spacial score (nSPS) is 11.7. The quantitative estimate of drug-likeness (QED) is 0.226. The minimum absolute atomic E-state index is 0.00530. The summed E-state index contributed by atoms with van der Waals surface area (Å²) in [5.41, 5.74) is 2.44. The van der Waals surface area contributed by atoms with Crippen molar-refractivity contribution in [2.45, 2.75) is 59.4 Å². The molecule has 0 fully saturated rings. The summed E-state index contributed by atoms with van der Waals surface area (Å²) in [6.45, 7) is 14.4. The molecule has 0 aromatic heterocycles. The van der Waals surface area contributed by atoms with Gasteiger partial charge in [0.15, 0.2) is 0 Å². The van der Waals surface area contributed by atoms with Crippen LogP contribution in [-0.4, -0.2) is 26.3 Å². The van der Waals surface area contributed by atoms with E-state index < -0.39 is 19.2 Å². The number of methoxy groups -OCH3 is 1. The standard InChI is InChI=1S/C23H31NO6Si/c1-15-19(28-6)13-20(30-31(7,8)23(3,4)5)16(2)21(15)22(25)29-14-17-9-11-18(12-10-17)24(26)27/h9-13H,14H2,1-8H3. The molecule has 2 aromatic carbocycles. The van der Waals surface area contributed by atoms with Gasteiger partial charge in [-0.25, -0.2) is 4.79 Å². The lowest BCUT2D eigenvalue weighted by molar-refractivity contribution is -0.384. The van der Waals surface area contributed by atoms with Crippen LogP contribution in [0.25, 0.3) is 0 Å². The van der Waals surface area contributed by atoms with E-state index in [1.54, 1.807) is 19.2 Å². The number of esters is 1. The van der Waals surface area contributed by atoms with E-state index in [1.807, 2.05) is 19.9 Å². The molecule has 0 spiro atoms. The van der Waals surface area contributed by atoms with Crippen molar-refractivity contribution in [1.82, 2.24) is 0 Å². The summed E-state index contributed by atoms with van der Waals surface area (Å²) < 4.78 is 17.5. The van der Waals surface area contributed by atoms with Gasteiger partial charge in [0, 0.05) is 29.3 Å². The second kappa shape index (κ2) is 9.09. The van der Waals surface area contributed by atoms with Gasteiger partial charge < -0.3 is 13.9 Å². The van der Waals surface area contributed by atoms with Crippen molar-refractivity contribution in [3.8, 4) is 11.5 Å². The van der Waals surface area contributed by atoms with Gasteiger partial charge >= 0.3 is 5.97 Å². The van der Waals surface area contributed by atoms with Gasteiger partial charge in [0.05, 0.1) is 17.6 Å². The average molecular weight is 446 g/mol. The Hall–Kier alpha value is -2.87. The van der Waals surface area contributed by atoms with Gasteiger partial charge in [-0.1, -0.05) is 20.8 Å². The first-order valence-electron chi connectivity index (χ1n) is 10.1. The number of rotatable bonds is 7. The number of carbonyl (C=O) groups is 1. The van der Waals surface area contributed by atoms with Crippen molar-refractivity contribution in [3.63, 3.8) is 0 Å². The van der Waals surface area contributed by atoms with Crippen LogP contribution in [0.5, 0.6) is 11.5 Å². The zero-order valence-electron chi connectivity index (χ0n) is 19.5. The van der Waals surface area contributed by atoms with E-state index in [4.69, 9.17) is 13.9 Å². The summed E-state index contributed by atoms with van der Waals surface area (Å²) >= 11 is 0. The van der Waals surface area contributed by atoms with Gasteiger partial charge in [-0.3, -0.25) is 10.1 Å². The summed E-state index contributed by atoms with van der Waals surface area (Å²) in [6, 6.07) is 7.75. The largest absolute Gasteiger partial charge is 0.543 e. The van der Waals surface area contributed by atoms with Crippen LogP contribution in [0.3, 0.4) is 0 Å². The first-order valence-corrected chi connectivity index (χ1v) is 13.0. The number of nitro benzene ring substituents is 1. The number of nitro groups is 1. The van der Waals surface area contributed by atoms with Crippen LogP contribution < -0.4 is 9.16 Å². The summed E-state index contributed by atoms with van der Waals surface area (Å²) in [7, 11) is -0.581. The topological polar surface area (TPSA) is 87.9 Å². The summed E-state index contributed by atoms with van der Waals surface area (Å²) in [4.78, 5) is 23.3. The molecule has 0 N–H and O–H groups in total. The molecule has 168 valence electrons. The molecule has 0 aliphatic rings. The van der Waals surface area contributed by atoms with Gasteiger partial charge in [0.1, 0.15) is 18.1 Å². The van der Waals surface area contributed by atoms with Crippen molar-refractivity contribution < 1.29 is 23.6 Å². The van der Waals surface area contributed by atoms with Crippen LogP contribution in [0.4, 0.5) is 5.69 Å². The molecule has 0 heterocycles. The van der Waals surface area contributed by atoms with E-state index in [-0.39, 0.29) is 17.3 Å². The fourth-order valence-corrected chi connectivity index (χ4v) is 3.92. The number of ether oxygens (including phenoxy) is 2. The van der Waals surface area contributed by atoms with E-state index in [0.29, 0.717) is 33.8 Å². The van der Waals surface area contributed by atoms with E-state index in [1.165, 1.54) is 12.1 Å². The highest BCUT2D eigenvalue weighted by molar-refractivity contribution is 6.74. The van der Waals surface area contributed by atoms with Gasteiger partial charge in [0.25, 0.3) is 5.69 Å². The number of hydrogen-bond acceptors (Lipinski definition) is 6. The molecule has 0 atom stereocenters. The molecule has 7 nitrogen and oxygen atoms in total. The Morgan fingerprint density at radius 3 is 2.10 bits per heavy atom. The Labute approximate surface area is 184 Å². The van der Waals surface area contributed by atoms with Crippen molar-refractivity contribution in [2.75, 3.05) is 7.11 Å². The Balaban J connectivity index is 2.33. The van der Waals surface area contributed by atoms with E-state index >= 15 is 0 Å². The third kappa shape index (κ3) is 5.44. The van der Waals surface area contributed by atoms with Crippen molar-refractivity contribution in [3.05, 3.63) is 62.7 Å². The lowest BCUT2D eigenvalue weighted by atomic mass is 10.0. The van der Waals surface area contributed by atoms with Gasteiger partial charge in [0.2, 0.25) is 8.32 Å². The van der Waals surface area contributed by atoms with Crippen LogP contribution in [-0.2, 0) is 11.3 Å². The SMILES string of the molecule is COc1cc(O[Si](C)(C)C(C)(C)C)c(C)c(C(=O)OCc2ccc([N+](=O)[O-])cc2)c1C. The lowest BCUT2D eigenvalue weighted by Gasteiger charge is -2.37. The number of nitrogens with zero attached hydrogens (tertiary/aromatic N) is 1. The Morgan fingerprint density at radius 1 is 1.06 bits per heavy atom. The highest BCUT2D eigenvalue weighted by Gasteiger charge is 2.39. The van der Waals surface area contributed by atoms with Gasteiger partial charge in [-0.15, -0.1) is 0 Å². The number of carbonyl (C=O) groups excluding carboxylic acids is 1. The van der Waals surface area contributed by atoms with Crippen LogP contribution in [0, 0.1) is 24.0 Å². The summed E-state index contributed by atoms with van der Waals surface area (Å²) in [5.74, 6) is 0.685. The number of non-ortho nitro benzene ring substituents is 1. The second-order valence-corrected chi connectivity index (χ2v) is 13.8. The van der Waals surface area contributed by atoms with Crippen molar-refractivity contribution in [1.29, 1.82) is 0 Å². The molecule has 8 heteroatoms. The molecule has 0 bridgehead atoms. The molecular weight excluding hydrogens is 414 g/mol. The molecule has 0 aliphatic carbocycles. The lowest BCUT2D eigenvalue weighted by Crippen LogP contribution is -2.44. The molecule has 0 saturated carbocycles. The smallest absolute Gasteiger partial charge is 0.339 e. The first kappa shape index (κ1) is 24.4. The van der Waals surface area contributed by atoms with E-state index in [9.17, 15) is 14.9 Å². The number of benzene rings is 2. The molecule has 0 aliphatic heterocycles. The highest BCUT2D eigenvalue weighted by atomic mass is 28.4. The predicted octanol–water partition coefficient (Wildman–Crippen LogP) is 5.96. The molecule has 2 aromatic rings. The minimum Gasteiger partial charge on any atom is -0.543 e. The maximum atomic E-state index is 13.0. The molecule has 0 radical (unpaired) electrons. The molecule has 0 saturated heterocycles. The zero-order chi connectivity index (χ0) is 23.6. The molecule has 2 rings (SSSR count). The summed E-state index contributed by atoms with van der Waals surface area (Å²) in [5, 5.41) is 10.8. The zero-order valence-corrected chi connectivity index (χ0v) is 20.5. The third-order valence-corrected chi connectivity index (χ3v) is 10.2. The van der Waals surface area contributed by atoms with Crippen LogP contribution in [0.15, 0.2) is 30.3 Å². The van der Waals surface area contributed by atoms with Gasteiger partial charge in [-0.2, -0.15) is 0 Å². The average Bonchev–Trinajstić information content (AvgIpc) is 2.68. The van der Waals surface area contributed by atoms with Crippen molar-refractivity contribution in [2.24, 2.45) is 0 Å². The maximum absolute atomic E-state index is 13.0. The second-order valence-electron chi connectivity index (χ2n) is 9.06. The fourth-order valence-electron chi connectivity index (χ4n) is 2.85. The molecule has 0 amide bonds.